The number of piperidine rings is 1. The average molecular weight is 459 g/mol. The Labute approximate surface area is 204 Å². The zero-order valence-electron chi connectivity index (χ0n) is 21.2. The van der Waals surface area contributed by atoms with Crippen molar-refractivity contribution >= 4 is 11.6 Å². The molecule has 0 N–H and O–H groups in total. The van der Waals surface area contributed by atoms with Gasteiger partial charge in [0.25, 0.3) is 0 Å². The van der Waals surface area contributed by atoms with Crippen LogP contribution in [0.15, 0.2) is 36.7 Å². The van der Waals surface area contributed by atoms with Gasteiger partial charge in [-0.1, -0.05) is 45.2 Å². The number of imidazole rings is 1. The van der Waals surface area contributed by atoms with Crippen molar-refractivity contribution in [3.8, 4) is 17.3 Å². The summed E-state index contributed by atoms with van der Waals surface area (Å²) in [4.78, 5) is 15.0. The second-order valence-electron chi connectivity index (χ2n) is 9.77. The van der Waals surface area contributed by atoms with Crippen molar-refractivity contribution in [2.24, 2.45) is 0 Å². The van der Waals surface area contributed by atoms with Gasteiger partial charge in [-0.2, -0.15) is 5.26 Å². The highest BCUT2D eigenvalue weighted by Gasteiger charge is 2.27. The van der Waals surface area contributed by atoms with Gasteiger partial charge in [0.05, 0.1) is 17.3 Å². The molecule has 3 heterocycles. The number of fused-ring (bicyclic) bond motifs is 1. The van der Waals surface area contributed by atoms with Gasteiger partial charge in [-0.25, -0.2) is 9.97 Å². The van der Waals surface area contributed by atoms with Crippen LogP contribution in [0.25, 0.3) is 16.9 Å². The summed E-state index contributed by atoms with van der Waals surface area (Å²) in [5.74, 6) is 1.39. The monoisotopic (exact) mass is 458 g/mol. The van der Waals surface area contributed by atoms with Crippen LogP contribution in [0.4, 0.5) is 5.95 Å². The summed E-state index contributed by atoms with van der Waals surface area (Å²) < 4.78 is 2.21. The number of rotatable bonds is 9. The van der Waals surface area contributed by atoms with E-state index < -0.39 is 0 Å². The van der Waals surface area contributed by atoms with Crippen molar-refractivity contribution in [2.45, 2.75) is 70.8 Å². The first-order valence-electron chi connectivity index (χ1n) is 12.9. The van der Waals surface area contributed by atoms with E-state index in [0.717, 1.165) is 61.6 Å². The van der Waals surface area contributed by atoms with E-state index in [1.165, 1.54) is 24.8 Å². The minimum absolute atomic E-state index is 0.406. The molecule has 1 aliphatic rings. The highest BCUT2D eigenvalue weighted by Crippen LogP contribution is 2.38. The Kier molecular flexibility index (Phi) is 7.84. The molecule has 180 valence electrons. The van der Waals surface area contributed by atoms with Crippen LogP contribution in [0.5, 0.6) is 0 Å². The molecule has 1 unspecified atom stereocenters. The molecule has 0 spiro atoms. The van der Waals surface area contributed by atoms with Crippen LogP contribution in [0, 0.1) is 11.3 Å². The largest absolute Gasteiger partial charge is 0.342 e. The van der Waals surface area contributed by atoms with Crippen LogP contribution < -0.4 is 4.90 Å². The molecule has 2 aromatic heterocycles. The molecule has 3 aromatic rings. The molecular formula is C28H38N6. The minimum Gasteiger partial charge on any atom is -0.342 e. The van der Waals surface area contributed by atoms with Gasteiger partial charge < -0.3 is 9.80 Å². The molecule has 1 aromatic carbocycles. The predicted molar refractivity (Wildman–Crippen MR) is 139 cm³/mol. The molecule has 1 saturated heterocycles. The van der Waals surface area contributed by atoms with E-state index in [-0.39, 0.29) is 0 Å². The second-order valence-corrected chi connectivity index (χ2v) is 9.77. The highest BCUT2D eigenvalue weighted by atomic mass is 15.3. The van der Waals surface area contributed by atoms with Crippen molar-refractivity contribution in [1.29, 1.82) is 5.26 Å². The fourth-order valence-corrected chi connectivity index (χ4v) is 5.28. The number of nitriles is 1. The van der Waals surface area contributed by atoms with Crippen LogP contribution in [0.2, 0.25) is 0 Å². The molecule has 0 radical (unpaired) electrons. The molecule has 0 saturated carbocycles. The van der Waals surface area contributed by atoms with Gasteiger partial charge in [-0.05, 0) is 57.8 Å². The first kappa shape index (κ1) is 24.2. The number of anilines is 1. The lowest BCUT2D eigenvalue weighted by Crippen LogP contribution is -2.43. The second kappa shape index (κ2) is 11.0. The maximum Gasteiger partial charge on any atom is 0.211 e. The maximum absolute atomic E-state index is 9.30. The molecule has 1 aliphatic heterocycles. The number of unbranched alkanes of at least 4 members (excludes halogenated alkanes) is 2. The summed E-state index contributed by atoms with van der Waals surface area (Å²) in [5.41, 5.74) is 5.05. The van der Waals surface area contributed by atoms with E-state index in [4.69, 9.17) is 9.97 Å². The fourth-order valence-electron chi connectivity index (χ4n) is 5.28. The Hall–Kier alpha value is -2.91. The molecule has 1 fully saturated rings. The van der Waals surface area contributed by atoms with Gasteiger partial charge in [-0.3, -0.25) is 4.40 Å². The predicted octanol–water partition coefficient (Wildman–Crippen LogP) is 5.87. The van der Waals surface area contributed by atoms with E-state index in [1.807, 2.05) is 30.5 Å². The van der Waals surface area contributed by atoms with Gasteiger partial charge in [0.15, 0.2) is 0 Å². The quantitative estimate of drug-likeness (QED) is 0.375. The summed E-state index contributed by atoms with van der Waals surface area (Å²) in [5, 5.41) is 9.30. The minimum atomic E-state index is 0.406. The van der Waals surface area contributed by atoms with Gasteiger partial charge in [-0.15, -0.1) is 0 Å². The van der Waals surface area contributed by atoms with Crippen LogP contribution in [-0.4, -0.2) is 52.5 Å². The smallest absolute Gasteiger partial charge is 0.211 e. The number of nitrogens with zero attached hydrogens (tertiary/aromatic N) is 6. The van der Waals surface area contributed by atoms with E-state index in [9.17, 15) is 5.26 Å². The van der Waals surface area contributed by atoms with Crippen molar-refractivity contribution in [2.75, 3.05) is 32.1 Å². The molecule has 6 nitrogen and oxygen atoms in total. The average Bonchev–Trinajstić information content (AvgIpc) is 3.36. The van der Waals surface area contributed by atoms with Crippen molar-refractivity contribution in [1.82, 2.24) is 19.3 Å². The van der Waals surface area contributed by atoms with Gasteiger partial charge >= 0.3 is 0 Å². The number of hydrogen-bond acceptors (Lipinski definition) is 5. The number of benzene rings is 1. The normalized spacial score (nSPS) is 15.7. The first-order chi connectivity index (χ1) is 16.6. The summed E-state index contributed by atoms with van der Waals surface area (Å²) in [6, 6.07) is 10.8. The van der Waals surface area contributed by atoms with Gasteiger partial charge in [0, 0.05) is 42.7 Å². The lowest BCUT2D eigenvalue weighted by Gasteiger charge is -2.36. The Morgan fingerprint density at radius 2 is 1.85 bits per heavy atom. The maximum atomic E-state index is 9.30. The number of aromatic nitrogens is 3. The van der Waals surface area contributed by atoms with Crippen LogP contribution in [-0.2, 0) is 0 Å². The van der Waals surface area contributed by atoms with Crippen molar-refractivity contribution < 1.29 is 0 Å². The van der Waals surface area contributed by atoms with E-state index in [1.54, 1.807) is 0 Å². The zero-order valence-corrected chi connectivity index (χ0v) is 21.2. The first-order valence-corrected chi connectivity index (χ1v) is 12.9. The lowest BCUT2D eigenvalue weighted by molar-refractivity contribution is 0.249. The third-order valence-electron chi connectivity index (χ3n) is 7.39. The molecule has 0 amide bonds. The fraction of sp³-hybridized carbons (Fsp3) is 0.536. The Morgan fingerprint density at radius 3 is 2.47 bits per heavy atom. The van der Waals surface area contributed by atoms with Gasteiger partial charge in [0.1, 0.15) is 5.65 Å². The van der Waals surface area contributed by atoms with E-state index >= 15 is 0 Å². The number of hydrogen-bond donors (Lipinski definition) is 0. The van der Waals surface area contributed by atoms with Crippen LogP contribution in [0.3, 0.4) is 0 Å². The summed E-state index contributed by atoms with van der Waals surface area (Å²) >= 11 is 0. The third kappa shape index (κ3) is 4.95. The van der Waals surface area contributed by atoms with Gasteiger partial charge in [0.2, 0.25) is 5.95 Å². The summed E-state index contributed by atoms with van der Waals surface area (Å²) in [7, 11) is 4.35. The Morgan fingerprint density at radius 1 is 1.12 bits per heavy atom. The SMILES string of the molecule is CCCCCC(CC)c1c(-c2ccc(C#N)cc2)nc(N2CCC(N(C)C)CC2)n2ccnc12. The van der Waals surface area contributed by atoms with E-state index in [0.29, 0.717) is 17.5 Å². The summed E-state index contributed by atoms with van der Waals surface area (Å²) in [6.45, 7) is 6.51. The molecular weight excluding hydrogens is 420 g/mol. The molecule has 0 aliphatic carbocycles. The third-order valence-corrected chi connectivity index (χ3v) is 7.39. The molecule has 0 bridgehead atoms. The summed E-state index contributed by atoms with van der Waals surface area (Å²) in [6.07, 6.45) is 12.1. The van der Waals surface area contributed by atoms with Crippen LogP contribution in [0.1, 0.15) is 75.8 Å². The zero-order chi connectivity index (χ0) is 24.1. The lowest BCUT2D eigenvalue weighted by atomic mass is 9.88. The highest BCUT2D eigenvalue weighted by molar-refractivity contribution is 5.74. The Bertz CT molecular complexity index is 1120. The van der Waals surface area contributed by atoms with Crippen molar-refractivity contribution in [3.05, 3.63) is 47.8 Å². The molecule has 4 rings (SSSR count). The molecule has 6 heteroatoms. The van der Waals surface area contributed by atoms with Crippen molar-refractivity contribution in [3.63, 3.8) is 0 Å². The Balaban J connectivity index is 1.82. The van der Waals surface area contributed by atoms with Crippen LogP contribution >= 0.6 is 0 Å². The molecule has 34 heavy (non-hydrogen) atoms. The van der Waals surface area contributed by atoms with E-state index in [2.05, 4.69) is 54.4 Å². The standard InChI is InChI=1S/C28H38N6/c1-5-7-8-9-22(6-2)25-26(23-12-10-21(20-29)11-13-23)31-28(34-19-16-30-27(25)34)33-17-14-24(15-18-33)32(3)4/h10-13,16,19,22,24H,5-9,14-15,17-18H2,1-4H3. The molecule has 1 atom stereocenters. The topological polar surface area (TPSA) is 60.5 Å².